The Balaban J connectivity index is 1.79. The zero-order chi connectivity index (χ0) is 16.8. The number of benzene rings is 3. The van der Waals surface area contributed by atoms with Gasteiger partial charge < -0.3 is 4.74 Å². The topological polar surface area (TPSA) is 26.3 Å². The summed E-state index contributed by atoms with van der Waals surface area (Å²) in [6.45, 7) is 0. The molecule has 0 unspecified atom stereocenters. The molecule has 0 spiro atoms. The van der Waals surface area contributed by atoms with Gasteiger partial charge in [-0.1, -0.05) is 84.4 Å². The van der Waals surface area contributed by atoms with Crippen molar-refractivity contribution in [1.82, 2.24) is 0 Å². The summed E-state index contributed by atoms with van der Waals surface area (Å²) < 4.78 is 5.78. The van der Waals surface area contributed by atoms with Crippen molar-refractivity contribution in [3.63, 3.8) is 0 Å². The molecule has 120 valence electrons. The third-order valence-electron chi connectivity index (χ3n) is 3.72. The Bertz CT molecular complexity index is 744. The van der Waals surface area contributed by atoms with Gasteiger partial charge in [0.2, 0.25) is 0 Å². The lowest BCUT2D eigenvalue weighted by Crippen LogP contribution is -2.14. The Morgan fingerprint density at radius 1 is 0.792 bits per heavy atom. The molecule has 2 nitrogen and oxygen atoms in total. The third-order valence-corrected chi connectivity index (χ3v) is 3.97. The molecule has 0 aliphatic rings. The minimum Gasteiger partial charge on any atom is -0.452 e. The molecule has 3 aromatic rings. The van der Waals surface area contributed by atoms with E-state index >= 15 is 0 Å². The van der Waals surface area contributed by atoms with Crippen LogP contribution in [0.3, 0.4) is 0 Å². The number of hydrogen-bond acceptors (Lipinski definition) is 2. The number of hydrogen-bond donors (Lipinski definition) is 0. The Morgan fingerprint density at radius 2 is 1.29 bits per heavy atom. The summed E-state index contributed by atoms with van der Waals surface area (Å²) in [5, 5.41) is 0.651. The van der Waals surface area contributed by atoms with Crippen molar-refractivity contribution in [2.75, 3.05) is 0 Å². The van der Waals surface area contributed by atoms with Gasteiger partial charge in [-0.25, -0.2) is 0 Å². The molecule has 3 aromatic carbocycles. The number of rotatable bonds is 5. The summed E-state index contributed by atoms with van der Waals surface area (Å²) in [5.74, 6) is -0.268. The lowest BCUT2D eigenvalue weighted by molar-refractivity contribution is -0.146. The molecule has 3 rings (SSSR count). The molecule has 0 saturated heterocycles. The fourth-order valence-corrected chi connectivity index (χ4v) is 2.65. The van der Waals surface area contributed by atoms with Gasteiger partial charge in [0, 0.05) is 5.02 Å². The molecular formula is C21H17ClO2. The van der Waals surface area contributed by atoms with Crippen LogP contribution in [0.15, 0.2) is 84.9 Å². The molecule has 3 heteroatoms. The maximum absolute atomic E-state index is 12.4. The first-order valence-corrected chi connectivity index (χ1v) is 8.14. The predicted molar refractivity (Wildman–Crippen MR) is 96.0 cm³/mol. The lowest BCUT2D eigenvalue weighted by Gasteiger charge is -2.19. The molecule has 0 aromatic heterocycles. The van der Waals surface area contributed by atoms with Crippen LogP contribution in [0.5, 0.6) is 0 Å². The van der Waals surface area contributed by atoms with Crippen LogP contribution in [0.2, 0.25) is 5.02 Å². The summed E-state index contributed by atoms with van der Waals surface area (Å²) in [6, 6.07) is 26.7. The van der Waals surface area contributed by atoms with Crippen LogP contribution in [0, 0.1) is 0 Å². The van der Waals surface area contributed by atoms with E-state index in [-0.39, 0.29) is 12.4 Å². The molecule has 0 bridgehead atoms. The van der Waals surface area contributed by atoms with Crippen molar-refractivity contribution in [1.29, 1.82) is 0 Å². The standard InChI is InChI=1S/C21H17ClO2/c22-19-13-11-16(12-14-19)15-20(23)24-21(17-7-3-1-4-8-17)18-9-5-2-6-10-18/h1-14,21H,15H2. The second kappa shape index (κ2) is 7.80. The molecule has 0 radical (unpaired) electrons. The molecule has 0 aliphatic carbocycles. The van der Waals surface area contributed by atoms with E-state index < -0.39 is 6.10 Å². The lowest BCUT2D eigenvalue weighted by atomic mass is 10.0. The van der Waals surface area contributed by atoms with E-state index in [0.717, 1.165) is 16.7 Å². The van der Waals surface area contributed by atoms with Crippen LogP contribution < -0.4 is 0 Å². The van der Waals surface area contributed by atoms with Crippen molar-refractivity contribution < 1.29 is 9.53 Å². The molecular weight excluding hydrogens is 320 g/mol. The zero-order valence-electron chi connectivity index (χ0n) is 13.1. The third kappa shape index (κ3) is 4.24. The SMILES string of the molecule is O=C(Cc1ccc(Cl)cc1)OC(c1ccccc1)c1ccccc1. The first kappa shape index (κ1) is 16.3. The van der Waals surface area contributed by atoms with Crippen molar-refractivity contribution in [2.45, 2.75) is 12.5 Å². The van der Waals surface area contributed by atoms with Crippen molar-refractivity contribution in [3.8, 4) is 0 Å². The first-order chi connectivity index (χ1) is 11.7. The maximum Gasteiger partial charge on any atom is 0.311 e. The number of carbonyl (C=O) groups is 1. The average molecular weight is 337 g/mol. The van der Waals surface area contributed by atoms with Crippen molar-refractivity contribution >= 4 is 17.6 Å². The number of ether oxygens (including phenoxy) is 1. The fourth-order valence-electron chi connectivity index (χ4n) is 2.53. The van der Waals surface area contributed by atoms with E-state index in [1.165, 1.54) is 0 Å². The van der Waals surface area contributed by atoms with Crippen molar-refractivity contribution in [2.24, 2.45) is 0 Å². The quantitative estimate of drug-likeness (QED) is 0.597. The second-order valence-electron chi connectivity index (χ2n) is 5.49. The molecule has 0 amide bonds. The Morgan fingerprint density at radius 3 is 1.79 bits per heavy atom. The normalized spacial score (nSPS) is 10.6. The van der Waals surface area contributed by atoms with Gasteiger partial charge in [-0.15, -0.1) is 0 Å². The van der Waals surface area contributed by atoms with Crippen LogP contribution in [-0.2, 0) is 16.0 Å². The minimum absolute atomic E-state index is 0.216. The number of halogens is 1. The molecule has 24 heavy (non-hydrogen) atoms. The van der Waals surface area contributed by atoms with Crippen molar-refractivity contribution in [3.05, 3.63) is 107 Å². The van der Waals surface area contributed by atoms with E-state index in [2.05, 4.69) is 0 Å². The summed E-state index contributed by atoms with van der Waals surface area (Å²) in [5.41, 5.74) is 2.78. The highest BCUT2D eigenvalue weighted by Crippen LogP contribution is 2.26. The smallest absolute Gasteiger partial charge is 0.311 e. The molecule has 0 heterocycles. The zero-order valence-corrected chi connectivity index (χ0v) is 13.8. The Labute approximate surface area is 146 Å². The second-order valence-corrected chi connectivity index (χ2v) is 5.93. The Kier molecular flexibility index (Phi) is 5.29. The van der Waals surface area contributed by atoms with E-state index in [1.54, 1.807) is 12.1 Å². The average Bonchev–Trinajstić information content (AvgIpc) is 2.63. The van der Waals surface area contributed by atoms with E-state index in [1.807, 2.05) is 72.8 Å². The highest BCUT2D eigenvalue weighted by molar-refractivity contribution is 6.30. The van der Waals surface area contributed by atoms with E-state index in [9.17, 15) is 4.79 Å². The van der Waals surface area contributed by atoms with Gasteiger partial charge in [0.1, 0.15) is 0 Å². The summed E-state index contributed by atoms with van der Waals surface area (Å²) in [6.07, 6.45) is -0.194. The minimum atomic E-state index is -0.410. The van der Waals surface area contributed by atoms with Gasteiger partial charge in [0.25, 0.3) is 0 Å². The van der Waals surface area contributed by atoms with Gasteiger partial charge in [0.15, 0.2) is 6.10 Å². The van der Waals surface area contributed by atoms with Gasteiger partial charge >= 0.3 is 5.97 Å². The highest BCUT2D eigenvalue weighted by atomic mass is 35.5. The van der Waals surface area contributed by atoms with Crippen LogP contribution in [-0.4, -0.2) is 5.97 Å². The summed E-state index contributed by atoms with van der Waals surface area (Å²) in [4.78, 5) is 12.4. The van der Waals surface area contributed by atoms with Gasteiger partial charge in [-0.3, -0.25) is 4.79 Å². The summed E-state index contributed by atoms with van der Waals surface area (Å²) >= 11 is 5.88. The molecule has 0 aliphatic heterocycles. The predicted octanol–water partition coefficient (Wildman–Crippen LogP) is 5.22. The van der Waals surface area contributed by atoms with Gasteiger partial charge in [-0.05, 0) is 28.8 Å². The highest BCUT2D eigenvalue weighted by Gasteiger charge is 2.18. The molecule has 0 N–H and O–H groups in total. The molecule has 0 atom stereocenters. The maximum atomic E-state index is 12.4. The van der Waals surface area contributed by atoms with Gasteiger partial charge in [0.05, 0.1) is 6.42 Å². The Hall–Kier alpha value is -2.58. The van der Waals surface area contributed by atoms with Crippen LogP contribution in [0.1, 0.15) is 22.8 Å². The number of esters is 1. The van der Waals surface area contributed by atoms with Crippen LogP contribution in [0.4, 0.5) is 0 Å². The number of carbonyl (C=O) groups excluding carboxylic acids is 1. The van der Waals surface area contributed by atoms with Gasteiger partial charge in [-0.2, -0.15) is 0 Å². The molecule has 0 fully saturated rings. The van der Waals surface area contributed by atoms with Crippen LogP contribution >= 0.6 is 11.6 Å². The largest absolute Gasteiger partial charge is 0.452 e. The summed E-state index contributed by atoms with van der Waals surface area (Å²) in [7, 11) is 0. The van der Waals surface area contributed by atoms with E-state index in [0.29, 0.717) is 5.02 Å². The fraction of sp³-hybridized carbons (Fsp3) is 0.0952. The van der Waals surface area contributed by atoms with Crippen LogP contribution in [0.25, 0.3) is 0 Å². The monoisotopic (exact) mass is 336 g/mol. The first-order valence-electron chi connectivity index (χ1n) is 7.76. The molecule has 0 saturated carbocycles. The van der Waals surface area contributed by atoms with E-state index in [4.69, 9.17) is 16.3 Å².